The molecule has 2 aromatic rings. The van der Waals surface area contributed by atoms with Gasteiger partial charge in [-0.15, -0.1) is 0 Å². The topological polar surface area (TPSA) is 35.2 Å². The smallest absolute Gasteiger partial charge is 0.162 e. The molecule has 0 atom stereocenters. The van der Waals surface area contributed by atoms with E-state index >= 15 is 0 Å². The Bertz CT molecular complexity index is 523. The van der Waals surface area contributed by atoms with E-state index in [0.717, 1.165) is 22.2 Å². The molecular weight excluding hydrogens is 304 g/mol. The number of rotatable bonds is 3. The summed E-state index contributed by atoms with van der Waals surface area (Å²) in [5.74, 6) is -1.55. The van der Waals surface area contributed by atoms with Gasteiger partial charge in [-0.25, -0.2) is 8.78 Å². The van der Waals surface area contributed by atoms with Gasteiger partial charge >= 0.3 is 0 Å². The third-order valence-electron chi connectivity index (χ3n) is 2.36. The lowest BCUT2D eigenvalue weighted by atomic mass is 10.2. The predicted octanol–water partition coefficient (Wildman–Crippen LogP) is 3.89. The van der Waals surface area contributed by atoms with Gasteiger partial charge in [-0.05, 0) is 45.8 Å². The molecule has 0 bridgehead atoms. The molecule has 2 aromatic carbocycles. The molecule has 5 heteroatoms. The average Bonchev–Trinajstić information content (AvgIpc) is 2.35. The molecular formula is C13H10BrF2NO. The molecule has 0 aliphatic rings. The van der Waals surface area contributed by atoms with Crippen LogP contribution in [0.1, 0.15) is 5.56 Å². The first-order chi connectivity index (χ1) is 8.56. The van der Waals surface area contributed by atoms with Crippen LogP contribution in [0.15, 0.2) is 40.9 Å². The van der Waals surface area contributed by atoms with Crippen LogP contribution in [0.3, 0.4) is 0 Å². The zero-order valence-corrected chi connectivity index (χ0v) is 10.9. The minimum Gasteiger partial charge on any atom is -0.489 e. The summed E-state index contributed by atoms with van der Waals surface area (Å²) in [7, 11) is 0. The fraction of sp³-hybridized carbons (Fsp3) is 0.0769. The number of nitrogens with two attached hydrogens (primary N) is 1. The maximum absolute atomic E-state index is 12.9. The van der Waals surface area contributed by atoms with E-state index in [0.29, 0.717) is 5.69 Å². The van der Waals surface area contributed by atoms with Gasteiger partial charge < -0.3 is 10.5 Å². The molecule has 2 rings (SSSR count). The monoisotopic (exact) mass is 313 g/mol. The zero-order valence-electron chi connectivity index (χ0n) is 9.29. The van der Waals surface area contributed by atoms with Gasteiger partial charge in [0, 0.05) is 16.2 Å². The van der Waals surface area contributed by atoms with Gasteiger partial charge in [-0.1, -0.05) is 6.07 Å². The number of ether oxygens (including phenoxy) is 1. The summed E-state index contributed by atoms with van der Waals surface area (Å²) in [5, 5.41) is 0. The van der Waals surface area contributed by atoms with Crippen molar-refractivity contribution in [3.05, 3.63) is 58.1 Å². The van der Waals surface area contributed by atoms with Gasteiger partial charge in [0.1, 0.15) is 12.4 Å². The fourth-order valence-corrected chi connectivity index (χ4v) is 1.66. The predicted molar refractivity (Wildman–Crippen MR) is 69.2 cm³/mol. The van der Waals surface area contributed by atoms with Crippen LogP contribution < -0.4 is 10.5 Å². The first-order valence-electron chi connectivity index (χ1n) is 5.18. The molecule has 2 nitrogen and oxygen atoms in total. The summed E-state index contributed by atoms with van der Waals surface area (Å²) in [6, 6.07) is 8.81. The Labute approximate surface area is 112 Å². The van der Waals surface area contributed by atoms with Crippen LogP contribution in [0.25, 0.3) is 0 Å². The standard InChI is InChI=1S/C13H10BrF2NO/c14-10-3-1-8(5-13(10)17)7-18-9-2-4-11(15)12(16)6-9/h1-6H,7,17H2. The van der Waals surface area contributed by atoms with Crippen molar-refractivity contribution in [2.24, 2.45) is 0 Å². The van der Waals surface area contributed by atoms with Crippen LogP contribution in [0.5, 0.6) is 5.75 Å². The van der Waals surface area contributed by atoms with E-state index in [1.807, 2.05) is 6.07 Å². The number of anilines is 1. The molecule has 0 aliphatic carbocycles. The van der Waals surface area contributed by atoms with E-state index in [9.17, 15) is 8.78 Å². The minimum absolute atomic E-state index is 0.239. The number of hydrogen-bond donors (Lipinski definition) is 1. The Kier molecular flexibility index (Phi) is 3.81. The van der Waals surface area contributed by atoms with Crippen LogP contribution in [-0.2, 0) is 6.61 Å². The van der Waals surface area contributed by atoms with Crippen LogP contribution >= 0.6 is 15.9 Å². The number of benzene rings is 2. The summed E-state index contributed by atoms with van der Waals surface area (Å²) < 4.78 is 31.8. The number of hydrogen-bond acceptors (Lipinski definition) is 2. The van der Waals surface area contributed by atoms with Gasteiger partial charge in [0.05, 0.1) is 0 Å². The Morgan fingerprint density at radius 3 is 2.50 bits per heavy atom. The fourth-order valence-electron chi connectivity index (χ4n) is 1.42. The van der Waals surface area contributed by atoms with Crippen LogP contribution in [0, 0.1) is 11.6 Å². The van der Waals surface area contributed by atoms with E-state index in [2.05, 4.69) is 15.9 Å². The molecule has 0 fully saturated rings. The Morgan fingerprint density at radius 1 is 1.06 bits per heavy atom. The third kappa shape index (κ3) is 2.98. The van der Waals surface area contributed by atoms with E-state index in [-0.39, 0.29) is 12.4 Å². The number of nitrogen functional groups attached to an aromatic ring is 1. The van der Waals surface area contributed by atoms with Crippen molar-refractivity contribution in [2.45, 2.75) is 6.61 Å². The lowest BCUT2D eigenvalue weighted by molar-refractivity contribution is 0.303. The molecule has 94 valence electrons. The lowest BCUT2D eigenvalue weighted by Crippen LogP contribution is -1.98. The van der Waals surface area contributed by atoms with Crippen molar-refractivity contribution in [2.75, 3.05) is 5.73 Å². The Balaban J connectivity index is 2.06. The van der Waals surface area contributed by atoms with E-state index in [1.165, 1.54) is 6.07 Å². The highest BCUT2D eigenvalue weighted by atomic mass is 79.9. The van der Waals surface area contributed by atoms with Gasteiger partial charge in [-0.2, -0.15) is 0 Å². The van der Waals surface area contributed by atoms with Crippen molar-refractivity contribution in [3.63, 3.8) is 0 Å². The van der Waals surface area contributed by atoms with Gasteiger partial charge in [0.2, 0.25) is 0 Å². The highest BCUT2D eigenvalue weighted by molar-refractivity contribution is 9.10. The molecule has 0 aliphatic heterocycles. The number of halogens is 3. The lowest BCUT2D eigenvalue weighted by Gasteiger charge is -2.08. The zero-order chi connectivity index (χ0) is 13.1. The highest BCUT2D eigenvalue weighted by Crippen LogP contribution is 2.22. The van der Waals surface area contributed by atoms with Gasteiger partial charge in [0.25, 0.3) is 0 Å². The van der Waals surface area contributed by atoms with E-state index < -0.39 is 11.6 Å². The summed E-state index contributed by atoms with van der Waals surface area (Å²) in [6.07, 6.45) is 0. The van der Waals surface area contributed by atoms with Crippen molar-refractivity contribution in [1.82, 2.24) is 0 Å². The molecule has 0 spiro atoms. The minimum atomic E-state index is -0.928. The second-order valence-electron chi connectivity index (χ2n) is 3.72. The maximum atomic E-state index is 12.9. The molecule has 2 N–H and O–H groups in total. The molecule has 0 unspecified atom stereocenters. The highest BCUT2D eigenvalue weighted by Gasteiger charge is 2.04. The molecule has 0 saturated heterocycles. The average molecular weight is 314 g/mol. The summed E-state index contributed by atoms with van der Waals surface area (Å²) in [5.41, 5.74) is 7.17. The first-order valence-corrected chi connectivity index (χ1v) is 5.97. The van der Waals surface area contributed by atoms with Gasteiger partial charge in [-0.3, -0.25) is 0 Å². The van der Waals surface area contributed by atoms with E-state index in [1.54, 1.807) is 12.1 Å². The molecule has 0 saturated carbocycles. The second-order valence-corrected chi connectivity index (χ2v) is 4.57. The van der Waals surface area contributed by atoms with Crippen LogP contribution in [0.2, 0.25) is 0 Å². The second kappa shape index (κ2) is 5.35. The Hall–Kier alpha value is -1.62. The van der Waals surface area contributed by atoms with Crippen molar-refractivity contribution in [1.29, 1.82) is 0 Å². The van der Waals surface area contributed by atoms with Crippen molar-refractivity contribution < 1.29 is 13.5 Å². The van der Waals surface area contributed by atoms with Crippen LogP contribution in [-0.4, -0.2) is 0 Å². The van der Waals surface area contributed by atoms with Gasteiger partial charge in [0.15, 0.2) is 11.6 Å². The molecule has 18 heavy (non-hydrogen) atoms. The third-order valence-corrected chi connectivity index (χ3v) is 3.08. The quantitative estimate of drug-likeness (QED) is 0.873. The molecule has 0 aromatic heterocycles. The molecule has 0 heterocycles. The van der Waals surface area contributed by atoms with E-state index in [4.69, 9.17) is 10.5 Å². The SMILES string of the molecule is Nc1cc(COc2ccc(F)c(F)c2)ccc1Br. The molecule has 0 radical (unpaired) electrons. The molecule has 0 amide bonds. The first kappa shape index (κ1) is 12.8. The maximum Gasteiger partial charge on any atom is 0.162 e. The van der Waals surface area contributed by atoms with Crippen molar-refractivity contribution in [3.8, 4) is 5.75 Å². The summed E-state index contributed by atoms with van der Waals surface area (Å²) in [4.78, 5) is 0. The summed E-state index contributed by atoms with van der Waals surface area (Å²) in [6.45, 7) is 0.239. The largest absolute Gasteiger partial charge is 0.489 e. The summed E-state index contributed by atoms with van der Waals surface area (Å²) >= 11 is 3.29. The van der Waals surface area contributed by atoms with Crippen LogP contribution in [0.4, 0.5) is 14.5 Å². The van der Waals surface area contributed by atoms with Crippen molar-refractivity contribution >= 4 is 21.6 Å². The normalized spacial score (nSPS) is 10.4. The Morgan fingerprint density at radius 2 is 1.83 bits per heavy atom.